The van der Waals surface area contributed by atoms with Gasteiger partial charge in [-0.2, -0.15) is 0 Å². The Morgan fingerprint density at radius 1 is 1.00 bits per heavy atom. The van der Waals surface area contributed by atoms with Crippen LogP contribution in [0.25, 0.3) is 0 Å². The molecule has 0 bridgehead atoms. The zero-order valence-electron chi connectivity index (χ0n) is 14.9. The number of halogens is 3. The first kappa shape index (κ1) is 22.3. The molecule has 0 aromatic heterocycles. The molecule has 0 aliphatic rings. The van der Waals surface area contributed by atoms with Gasteiger partial charge in [-0.3, -0.25) is 4.99 Å². The van der Waals surface area contributed by atoms with E-state index < -0.39 is 11.6 Å². The van der Waals surface area contributed by atoms with Gasteiger partial charge in [-0.25, -0.2) is 8.78 Å². The highest BCUT2D eigenvalue weighted by atomic mass is 127. The average Bonchev–Trinajstić information content (AvgIpc) is 2.63. The molecule has 7 heteroatoms. The Morgan fingerprint density at radius 3 is 2.31 bits per heavy atom. The highest BCUT2D eigenvalue weighted by Gasteiger charge is 2.06. The van der Waals surface area contributed by atoms with E-state index in [4.69, 9.17) is 4.74 Å². The van der Waals surface area contributed by atoms with Gasteiger partial charge >= 0.3 is 0 Å². The maximum atomic E-state index is 13.7. The zero-order valence-corrected chi connectivity index (χ0v) is 17.2. The van der Waals surface area contributed by atoms with Crippen molar-refractivity contribution in [1.29, 1.82) is 0 Å². The smallest absolute Gasteiger partial charge is 0.191 e. The van der Waals surface area contributed by atoms with E-state index in [0.29, 0.717) is 25.7 Å². The molecule has 0 unspecified atom stereocenters. The van der Waals surface area contributed by atoms with Gasteiger partial charge in [0.25, 0.3) is 0 Å². The molecular formula is C19H24F2IN3O. The molecule has 0 atom stereocenters. The Bertz CT molecular complexity index is 726. The molecule has 2 aromatic carbocycles. The number of rotatable bonds is 7. The van der Waals surface area contributed by atoms with Crippen LogP contribution in [0.5, 0.6) is 0 Å². The molecule has 0 aliphatic carbocycles. The van der Waals surface area contributed by atoms with E-state index in [1.54, 1.807) is 7.05 Å². The number of nitrogens with zero attached hydrogens (tertiary/aromatic N) is 1. The molecule has 0 saturated heterocycles. The predicted octanol–water partition coefficient (Wildman–Crippen LogP) is 3.98. The molecule has 0 aliphatic heterocycles. The quantitative estimate of drug-likeness (QED) is 0.362. The number of hydrogen-bond donors (Lipinski definition) is 2. The molecule has 142 valence electrons. The third kappa shape index (κ3) is 6.87. The second kappa shape index (κ2) is 11.8. The van der Waals surface area contributed by atoms with Crippen molar-refractivity contribution in [3.8, 4) is 0 Å². The summed E-state index contributed by atoms with van der Waals surface area (Å²) < 4.78 is 32.4. The van der Waals surface area contributed by atoms with E-state index in [0.717, 1.165) is 23.3 Å². The summed E-state index contributed by atoms with van der Waals surface area (Å²) in [6.45, 7) is 3.86. The zero-order chi connectivity index (χ0) is 18.1. The van der Waals surface area contributed by atoms with Gasteiger partial charge in [0, 0.05) is 32.3 Å². The van der Waals surface area contributed by atoms with Crippen molar-refractivity contribution >= 4 is 29.9 Å². The van der Waals surface area contributed by atoms with Crippen molar-refractivity contribution in [2.24, 2.45) is 4.99 Å². The van der Waals surface area contributed by atoms with E-state index >= 15 is 0 Å². The van der Waals surface area contributed by atoms with Crippen LogP contribution >= 0.6 is 24.0 Å². The first-order chi connectivity index (χ1) is 12.1. The van der Waals surface area contributed by atoms with E-state index in [-0.39, 0.29) is 36.1 Å². The fourth-order valence-corrected chi connectivity index (χ4v) is 2.34. The first-order valence-electron chi connectivity index (χ1n) is 8.17. The van der Waals surface area contributed by atoms with E-state index in [2.05, 4.69) is 15.6 Å². The number of guanidine groups is 1. The highest BCUT2D eigenvalue weighted by Crippen LogP contribution is 2.11. The highest BCUT2D eigenvalue weighted by molar-refractivity contribution is 14.0. The van der Waals surface area contributed by atoms with Crippen molar-refractivity contribution in [2.45, 2.75) is 26.6 Å². The third-order valence-electron chi connectivity index (χ3n) is 3.70. The van der Waals surface area contributed by atoms with Crippen LogP contribution < -0.4 is 10.6 Å². The van der Waals surface area contributed by atoms with Gasteiger partial charge in [0.2, 0.25) is 0 Å². The number of nitrogens with one attached hydrogen (secondary N) is 2. The summed E-state index contributed by atoms with van der Waals surface area (Å²) in [5.41, 5.74) is 2.44. The van der Waals surface area contributed by atoms with Crippen molar-refractivity contribution in [3.63, 3.8) is 0 Å². The lowest BCUT2D eigenvalue weighted by Crippen LogP contribution is -2.36. The minimum Gasteiger partial charge on any atom is -0.377 e. The second-order valence-electron chi connectivity index (χ2n) is 5.42. The molecule has 0 fully saturated rings. The Balaban J connectivity index is 0.00000338. The van der Waals surface area contributed by atoms with Gasteiger partial charge in [0.05, 0.1) is 6.61 Å². The maximum absolute atomic E-state index is 13.7. The van der Waals surface area contributed by atoms with Crippen LogP contribution in [0, 0.1) is 11.6 Å². The monoisotopic (exact) mass is 475 g/mol. The fourth-order valence-electron chi connectivity index (χ4n) is 2.34. The number of benzene rings is 2. The SMILES string of the molecule is CCOCc1ccccc1CNC(=NC)NCc1cc(F)ccc1F.I. The molecule has 0 radical (unpaired) electrons. The summed E-state index contributed by atoms with van der Waals surface area (Å²) in [6, 6.07) is 11.4. The van der Waals surface area contributed by atoms with Crippen molar-refractivity contribution in [2.75, 3.05) is 13.7 Å². The lowest BCUT2D eigenvalue weighted by atomic mass is 10.1. The van der Waals surface area contributed by atoms with Crippen LogP contribution in [0.4, 0.5) is 8.78 Å². The maximum Gasteiger partial charge on any atom is 0.191 e. The molecule has 0 amide bonds. The van der Waals surface area contributed by atoms with E-state index in [1.165, 1.54) is 6.07 Å². The summed E-state index contributed by atoms with van der Waals surface area (Å²) >= 11 is 0. The molecule has 2 N–H and O–H groups in total. The fraction of sp³-hybridized carbons (Fsp3) is 0.316. The van der Waals surface area contributed by atoms with Crippen LogP contribution in [-0.2, 0) is 24.4 Å². The minimum absolute atomic E-state index is 0. The molecule has 0 spiro atoms. The number of hydrogen-bond acceptors (Lipinski definition) is 2. The molecule has 2 rings (SSSR count). The Labute approximate surface area is 170 Å². The van der Waals surface area contributed by atoms with Crippen LogP contribution in [0.1, 0.15) is 23.6 Å². The molecule has 4 nitrogen and oxygen atoms in total. The van der Waals surface area contributed by atoms with E-state index in [9.17, 15) is 8.78 Å². The van der Waals surface area contributed by atoms with Gasteiger partial charge in [0.1, 0.15) is 11.6 Å². The van der Waals surface area contributed by atoms with Gasteiger partial charge in [-0.05, 0) is 36.2 Å². The van der Waals surface area contributed by atoms with E-state index in [1.807, 2.05) is 31.2 Å². The molecule has 0 heterocycles. The largest absolute Gasteiger partial charge is 0.377 e. The first-order valence-corrected chi connectivity index (χ1v) is 8.17. The topological polar surface area (TPSA) is 45.6 Å². The molecule has 2 aromatic rings. The molecule has 0 saturated carbocycles. The normalized spacial score (nSPS) is 11.0. The summed E-state index contributed by atoms with van der Waals surface area (Å²) in [5.74, 6) is -0.410. The summed E-state index contributed by atoms with van der Waals surface area (Å²) in [4.78, 5) is 4.11. The third-order valence-corrected chi connectivity index (χ3v) is 3.70. The predicted molar refractivity (Wildman–Crippen MR) is 111 cm³/mol. The van der Waals surface area contributed by atoms with Crippen LogP contribution in [0.3, 0.4) is 0 Å². The summed E-state index contributed by atoms with van der Waals surface area (Å²) in [7, 11) is 1.63. The summed E-state index contributed by atoms with van der Waals surface area (Å²) in [5, 5.41) is 6.16. The number of aliphatic imine (C=N–C) groups is 1. The Morgan fingerprint density at radius 2 is 1.65 bits per heavy atom. The van der Waals surface area contributed by atoms with Crippen LogP contribution in [0.15, 0.2) is 47.5 Å². The lowest BCUT2D eigenvalue weighted by molar-refractivity contribution is 0.133. The Kier molecular flexibility index (Phi) is 10.1. The molecule has 26 heavy (non-hydrogen) atoms. The van der Waals surface area contributed by atoms with Crippen LogP contribution in [-0.4, -0.2) is 19.6 Å². The Hall–Kier alpha value is -1.74. The average molecular weight is 475 g/mol. The standard InChI is InChI=1S/C19H23F2N3O.HI/c1-3-25-13-15-7-5-4-6-14(15)11-23-19(22-2)24-12-16-10-17(20)8-9-18(16)21;/h4-10H,3,11-13H2,1-2H3,(H2,22,23,24);1H. The van der Waals surface area contributed by atoms with Crippen molar-refractivity contribution < 1.29 is 13.5 Å². The van der Waals surface area contributed by atoms with Crippen LogP contribution in [0.2, 0.25) is 0 Å². The van der Waals surface area contributed by atoms with Gasteiger partial charge < -0.3 is 15.4 Å². The lowest BCUT2D eigenvalue weighted by Gasteiger charge is -2.14. The molecular weight excluding hydrogens is 451 g/mol. The van der Waals surface area contributed by atoms with Crippen molar-refractivity contribution in [3.05, 3.63) is 70.8 Å². The number of ether oxygens (including phenoxy) is 1. The van der Waals surface area contributed by atoms with Gasteiger partial charge in [-0.1, -0.05) is 24.3 Å². The van der Waals surface area contributed by atoms with Crippen molar-refractivity contribution in [1.82, 2.24) is 10.6 Å². The summed E-state index contributed by atoms with van der Waals surface area (Å²) in [6.07, 6.45) is 0. The minimum atomic E-state index is -0.467. The van der Waals surface area contributed by atoms with Gasteiger partial charge in [-0.15, -0.1) is 24.0 Å². The second-order valence-corrected chi connectivity index (χ2v) is 5.42. The van der Waals surface area contributed by atoms with Gasteiger partial charge in [0.15, 0.2) is 5.96 Å².